The number of hydrogen-bond acceptors (Lipinski definition) is 3. The van der Waals surface area contributed by atoms with Crippen molar-refractivity contribution in [2.45, 2.75) is 113 Å². The summed E-state index contributed by atoms with van der Waals surface area (Å²) in [5.74, 6) is 1.90. The Morgan fingerprint density at radius 1 is 0.818 bits per heavy atom. The standard InChI is InChI=1S/C29H51O3P/c1-24(2)19-11-14-28(7)21(27(19,6)13-12-22(24)32-23(31)17-33)10-9-20-25(3,4)26(5,18-30)15-16-29(20,28)8/h19-22,30H,9-18,33H2,1-8H3/t19-,20+,21+,22-,26+,27-,28+,29+/m0/s1. The number of rotatable bonds is 3. The molecule has 4 saturated carbocycles. The summed E-state index contributed by atoms with van der Waals surface area (Å²) in [5, 5.41) is 10.4. The average Bonchev–Trinajstić information content (AvgIpc) is 2.74. The van der Waals surface area contributed by atoms with E-state index in [0.717, 1.165) is 18.8 Å². The first-order valence-electron chi connectivity index (χ1n) is 13.6. The highest BCUT2D eigenvalue weighted by molar-refractivity contribution is 7.18. The Hall–Kier alpha value is -0.140. The molecule has 9 atom stereocenters. The zero-order valence-corrected chi connectivity index (χ0v) is 23.9. The minimum absolute atomic E-state index is 0.0167. The molecular weight excluding hydrogens is 427 g/mol. The molecule has 0 aromatic rings. The molecule has 4 fully saturated rings. The summed E-state index contributed by atoms with van der Waals surface area (Å²) in [6.45, 7) is 20.2. The SMILES string of the molecule is CC1(C)[C@@H](OC(=O)CP)CC[C@]2(C)[C@H]3CC[C@@H]4C(C)(C)[C@@](C)(CO)CC[C@@]4(C)[C@]3(C)CC[C@@H]12. The van der Waals surface area contributed by atoms with Gasteiger partial charge in [0.1, 0.15) is 6.10 Å². The van der Waals surface area contributed by atoms with Crippen LogP contribution in [0.15, 0.2) is 0 Å². The molecule has 1 unspecified atom stereocenters. The van der Waals surface area contributed by atoms with Crippen LogP contribution in [0.25, 0.3) is 0 Å². The topological polar surface area (TPSA) is 46.5 Å². The van der Waals surface area contributed by atoms with E-state index in [1.54, 1.807) is 0 Å². The lowest BCUT2D eigenvalue weighted by Gasteiger charge is -2.74. The Morgan fingerprint density at radius 3 is 2.03 bits per heavy atom. The Labute approximate surface area is 205 Å². The maximum atomic E-state index is 12.2. The molecule has 0 saturated heterocycles. The third-order valence-electron chi connectivity index (χ3n) is 13.2. The smallest absolute Gasteiger partial charge is 0.309 e. The van der Waals surface area contributed by atoms with Gasteiger partial charge < -0.3 is 9.84 Å². The molecule has 0 radical (unpaired) electrons. The first kappa shape index (κ1) is 25.9. The third kappa shape index (κ3) is 3.29. The van der Waals surface area contributed by atoms with Crippen LogP contribution in [-0.4, -0.2) is 29.9 Å². The van der Waals surface area contributed by atoms with Gasteiger partial charge in [-0.3, -0.25) is 4.79 Å². The summed E-state index contributed by atoms with van der Waals surface area (Å²) >= 11 is 0. The van der Waals surface area contributed by atoms with Crippen molar-refractivity contribution in [3.8, 4) is 0 Å². The largest absolute Gasteiger partial charge is 0.462 e. The molecule has 0 aromatic carbocycles. The molecule has 0 aromatic heterocycles. The van der Waals surface area contributed by atoms with E-state index in [4.69, 9.17) is 4.74 Å². The summed E-state index contributed by atoms with van der Waals surface area (Å²) in [6.07, 6.45) is 10.1. The number of carbonyl (C=O) groups excluding carboxylic acids is 1. The molecule has 4 heteroatoms. The van der Waals surface area contributed by atoms with Gasteiger partial charge in [0.05, 0.1) is 6.16 Å². The van der Waals surface area contributed by atoms with Crippen molar-refractivity contribution in [1.82, 2.24) is 0 Å². The molecule has 0 bridgehead atoms. The van der Waals surface area contributed by atoms with E-state index in [2.05, 4.69) is 64.6 Å². The molecular formula is C29H51O3P. The van der Waals surface area contributed by atoms with Gasteiger partial charge in [-0.1, -0.05) is 55.4 Å². The van der Waals surface area contributed by atoms with Crippen molar-refractivity contribution in [1.29, 1.82) is 0 Å². The van der Waals surface area contributed by atoms with E-state index in [9.17, 15) is 9.90 Å². The molecule has 190 valence electrons. The predicted molar refractivity (Wildman–Crippen MR) is 139 cm³/mol. The maximum absolute atomic E-state index is 12.2. The first-order valence-corrected chi connectivity index (χ1v) is 14.5. The van der Waals surface area contributed by atoms with E-state index in [1.165, 1.54) is 38.5 Å². The summed E-state index contributed by atoms with van der Waals surface area (Å²) in [4.78, 5) is 12.2. The van der Waals surface area contributed by atoms with Crippen LogP contribution in [-0.2, 0) is 9.53 Å². The zero-order valence-electron chi connectivity index (χ0n) is 22.7. The van der Waals surface area contributed by atoms with Crippen molar-refractivity contribution in [2.75, 3.05) is 12.8 Å². The van der Waals surface area contributed by atoms with Crippen LogP contribution in [0.3, 0.4) is 0 Å². The second-order valence-corrected chi connectivity index (χ2v) is 15.0. The van der Waals surface area contributed by atoms with Gasteiger partial charge in [-0.25, -0.2) is 0 Å². The van der Waals surface area contributed by atoms with E-state index < -0.39 is 0 Å². The molecule has 0 amide bonds. The van der Waals surface area contributed by atoms with Crippen LogP contribution in [0.2, 0.25) is 0 Å². The van der Waals surface area contributed by atoms with Crippen molar-refractivity contribution < 1.29 is 14.6 Å². The van der Waals surface area contributed by atoms with Gasteiger partial charge in [-0.05, 0) is 96.2 Å². The third-order valence-corrected chi connectivity index (χ3v) is 13.5. The number of fused-ring (bicyclic) bond motifs is 5. The van der Waals surface area contributed by atoms with Gasteiger partial charge in [0, 0.05) is 12.0 Å². The number of ether oxygens (including phenoxy) is 1. The first-order chi connectivity index (χ1) is 15.1. The molecule has 1 N–H and O–H groups in total. The van der Waals surface area contributed by atoms with E-state index in [-0.39, 0.29) is 28.3 Å². The lowest BCUT2D eigenvalue weighted by atomic mass is 9.31. The van der Waals surface area contributed by atoms with Crippen LogP contribution in [0, 0.1) is 50.2 Å². The lowest BCUT2D eigenvalue weighted by Crippen LogP contribution is -2.68. The molecule has 4 rings (SSSR count). The van der Waals surface area contributed by atoms with E-state index in [1.807, 2.05) is 0 Å². The van der Waals surface area contributed by atoms with Crippen molar-refractivity contribution in [3.63, 3.8) is 0 Å². The fraction of sp³-hybridized carbons (Fsp3) is 0.966. The quantitative estimate of drug-likeness (QED) is 0.356. The monoisotopic (exact) mass is 478 g/mol. The Morgan fingerprint density at radius 2 is 1.42 bits per heavy atom. The van der Waals surface area contributed by atoms with Crippen LogP contribution >= 0.6 is 9.24 Å². The summed E-state index contributed by atoms with van der Waals surface area (Å²) in [6, 6.07) is 0. The molecule has 4 aliphatic carbocycles. The fourth-order valence-corrected chi connectivity index (χ4v) is 10.6. The van der Waals surface area contributed by atoms with Crippen molar-refractivity contribution in [3.05, 3.63) is 0 Å². The normalized spacial score (nSPS) is 50.5. The van der Waals surface area contributed by atoms with Gasteiger partial charge in [0.15, 0.2) is 0 Å². The predicted octanol–water partition coefficient (Wildman–Crippen LogP) is 6.87. The van der Waals surface area contributed by atoms with E-state index in [0.29, 0.717) is 40.8 Å². The number of hydrogen-bond donors (Lipinski definition) is 1. The van der Waals surface area contributed by atoms with Crippen LogP contribution in [0.1, 0.15) is 107 Å². The average molecular weight is 479 g/mol. The Balaban J connectivity index is 1.68. The van der Waals surface area contributed by atoms with Crippen LogP contribution in [0.5, 0.6) is 0 Å². The van der Waals surface area contributed by atoms with Gasteiger partial charge in [0.25, 0.3) is 0 Å². The maximum Gasteiger partial charge on any atom is 0.309 e. The second kappa shape index (κ2) is 7.93. The van der Waals surface area contributed by atoms with Gasteiger partial charge in [-0.15, -0.1) is 9.24 Å². The lowest BCUT2D eigenvalue weighted by molar-refractivity contribution is -0.264. The second-order valence-electron chi connectivity index (χ2n) is 14.6. The van der Waals surface area contributed by atoms with Crippen molar-refractivity contribution in [2.24, 2.45) is 50.2 Å². The van der Waals surface area contributed by atoms with Gasteiger partial charge in [-0.2, -0.15) is 0 Å². The Bertz CT molecular complexity index is 792. The molecule has 0 spiro atoms. The molecule has 0 heterocycles. The molecule has 33 heavy (non-hydrogen) atoms. The summed E-state index contributed by atoms with van der Waals surface area (Å²) in [7, 11) is 2.52. The molecule has 0 aliphatic heterocycles. The minimum Gasteiger partial charge on any atom is -0.462 e. The molecule has 3 nitrogen and oxygen atoms in total. The summed E-state index contributed by atoms with van der Waals surface area (Å²) < 4.78 is 6.00. The van der Waals surface area contributed by atoms with Crippen LogP contribution in [0.4, 0.5) is 0 Å². The van der Waals surface area contributed by atoms with E-state index >= 15 is 0 Å². The highest BCUT2D eigenvalue weighted by atomic mass is 31.0. The van der Waals surface area contributed by atoms with Gasteiger partial charge in [0.2, 0.25) is 0 Å². The zero-order chi connectivity index (χ0) is 24.7. The minimum atomic E-state index is -0.0771. The Kier molecular flexibility index (Phi) is 6.23. The van der Waals surface area contributed by atoms with Crippen LogP contribution < -0.4 is 0 Å². The number of aliphatic hydroxyl groups excluding tert-OH is 1. The number of aliphatic hydroxyl groups is 1. The number of esters is 1. The number of carbonyl (C=O) groups is 1. The van der Waals surface area contributed by atoms with Crippen molar-refractivity contribution >= 4 is 15.2 Å². The summed E-state index contributed by atoms with van der Waals surface area (Å²) in [5.41, 5.74) is 1.12. The fourth-order valence-electron chi connectivity index (χ4n) is 10.5. The molecule has 4 aliphatic rings. The van der Waals surface area contributed by atoms with Gasteiger partial charge >= 0.3 is 5.97 Å². The highest BCUT2D eigenvalue weighted by Crippen LogP contribution is 2.77. The highest BCUT2D eigenvalue weighted by Gasteiger charge is 2.70.